The van der Waals surface area contributed by atoms with Gasteiger partial charge in [-0.15, -0.1) is 0 Å². The minimum Gasteiger partial charge on any atom is -0.376 e. The molecule has 0 aliphatic carbocycles. The average Bonchev–Trinajstić information content (AvgIpc) is 2.34. The van der Waals surface area contributed by atoms with Crippen LogP contribution >= 0.6 is 11.6 Å². The van der Waals surface area contributed by atoms with Crippen LogP contribution in [0.25, 0.3) is 0 Å². The topological polar surface area (TPSA) is 38.3 Å². The van der Waals surface area contributed by atoms with Gasteiger partial charge in [0, 0.05) is 6.61 Å². The van der Waals surface area contributed by atoms with E-state index in [2.05, 4.69) is 16.9 Å². The number of halogens is 3. The molecule has 1 aliphatic heterocycles. The van der Waals surface area contributed by atoms with E-state index in [1.165, 1.54) is 0 Å². The molecule has 1 amide bonds. The SMILES string of the molecule is CC1OCCC1NC(=O)C(F)(F)Cl. The van der Waals surface area contributed by atoms with Crippen LogP contribution in [0.5, 0.6) is 0 Å². The highest BCUT2D eigenvalue weighted by Crippen LogP contribution is 2.20. The number of hydrogen-bond donors (Lipinski definition) is 1. The van der Waals surface area contributed by atoms with Crippen molar-refractivity contribution in [2.45, 2.75) is 30.9 Å². The number of rotatable bonds is 2. The molecule has 2 unspecified atom stereocenters. The second-order valence-electron chi connectivity index (χ2n) is 2.94. The van der Waals surface area contributed by atoms with Gasteiger partial charge in [-0.1, -0.05) is 0 Å². The second kappa shape index (κ2) is 3.75. The number of nitrogens with one attached hydrogen (secondary N) is 1. The van der Waals surface area contributed by atoms with E-state index in [1.807, 2.05) is 0 Å². The predicted octanol–water partition coefficient (Wildman–Crippen LogP) is 1.11. The summed E-state index contributed by atoms with van der Waals surface area (Å²) in [6, 6.07) is -0.364. The summed E-state index contributed by atoms with van der Waals surface area (Å²) >= 11 is 4.52. The molecule has 0 spiro atoms. The molecular weight excluding hydrogens is 204 g/mol. The van der Waals surface area contributed by atoms with Crippen LogP contribution in [0.15, 0.2) is 0 Å². The Bertz CT molecular complexity index is 207. The van der Waals surface area contributed by atoms with E-state index in [0.29, 0.717) is 13.0 Å². The summed E-state index contributed by atoms with van der Waals surface area (Å²) in [5.74, 6) is -1.46. The van der Waals surface area contributed by atoms with Gasteiger partial charge in [0.2, 0.25) is 0 Å². The molecule has 13 heavy (non-hydrogen) atoms. The van der Waals surface area contributed by atoms with E-state index >= 15 is 0 Å². The molecule has 3 nitrogen and oxygen atoms in total. The summed E-state index contributed by atoms with van der Waals surface area (Å²) in [5.41, 5.74) is 0. The first-order valence-electron chi connectivity index (χ1n) is 3.90. The molecule has 1 N–H and O–H groups in total. The third-order valence-corrected chi connectivity index (χ3v) is 2.12. The lowest BCUT2D eigenvalue weighted by molar-refractivity contribution is -0.136. The van der Waals surface area contributed by atoms with Gasteiger partial charge in [0.25, 0.3) is 0 Å². The zero-order valence-corrected chi connectivity index (χ0v) is 7.78. The lowest BCUT2D eigenvalue weighted by atomic mass is 10.1. The van der Waals surface area contributed by atoms with Crippen LogP contribution in [0.3, 0.4) is 0 Å². The standard InChI is InChI=1S/C7H10ClF2NO2/c1-4-5(2-3-13-4)11-6(12)7(8,9)10/h4-5H,2-3H2,1H3,(H,11,12). The normalized spacial score (nSPS) is 28.9. The van der Waals surface area contributed by atoms with Crippen molar-refractivity contribution in [3.63, 3.8) is 0 Å². The number of hydrogen-bond acceptors (Lipinski definition) is 2. The van der Waals surface area contributed by atoms with Crippen molar-refractivity contribution in [2.75, 3.05) is 6.61 Å². The summed E-state index contributed by atoms with van der Waals surface area (Å²) in [4.78, 5) is 10.7. The maximum atomic E-state index is 12.2. The Kier molecular flexibility index (Phi) is 3.08. The molecule has 1 heterocycles. The molecule has 6 heteroatoms. The highest BCUT2D eigenvalue weighted by atomic mass is 35.5. The number of ether oxygens (including phenoxy) is 1. The molecule has 1 rings (SSSR count). The number of carbonyl (C=O) groups excluding carboxylic acids is 1. The van der Waals surface area contributed by atoms with E-state index < -0.39 is 11.3 Å². The fourth-order valence-electron chi connectivity index (χ4n) is 1.17. The fourth-order valence-corrected chi connectivity index (χ4v) is 1.23. The molecule has 0 aromatic heterocycles. The first kappa shape index (κ1) is 10.7. The molecule has 0 radical (unpaired) electrons. The Hall–Kier alpha value is -0.420. The summed E-state index contributed by atoms with van der Waals surface area (Å²) in [6.07, 6.45) is 0.308. The van der Waals surface area contributed by atoms with Crippen LogP contribution in [0.4, 0.5) is 8.78 Å². The van der Waals surface area contributed by atoms with Gasteiger partial charge in [0.1, 0.15) is 0 Å². The largest absolute Gasteiger partial charge is 0.399 e. The highest BCUT2D eigenvalue weighted by Gasteiger charge is 2.38. The first-order chi connectivity index (χ1) is 5.91. The Morgan fingerprint density at radius 2 is 2.31 bits per heavy atom. The molecule has 1 saturated heterocycles. The Morgan fingerprint density at radius 1 is 1.69 bits per heavy atom. The zero-order chi connectivity index (χ0) is 10.1. The Labute approximate surface area is 79.4 Å². The minimum absolute atomic E-state index is 0.233. The average molecular weight is 214 g/mol. The van der Waals surface area contributed by atoms with Crippen LogP contribution in [-0.4, -0.2) is 30.0 Å². The smallest absolute Gasteiger partial charge is 0.376 e. The summed E-state index contributed by atoms with van der Waals surface area (Å²) in [6.45, 7) is 2.18. The maximum Gasteiger partial charge on any atom is 0.399 e. The highest BCUT2D eigenvalue weighted by molar-refractivity contribution is 6.32. The van der Waals surface area contributed by atoms with E-state index in [1.54, 1.807) is 6.92 Å². The van der Waals surface area contributed by atoms with E-state index in [0.717, 1.165) is 0 Å². The van der Waals surface area contributed by atoms with E-state index in [4.69, 9.17) is 4.74 Å². The van der Waals surface area contributed by atoms with Gasteiger partial charge >= 0.3 is 11.3 Å². The first-order valence-corrected chi connectivity index (χ1v) is 4.28. The molecule has 76 valence electrons. The number of alkyl halides is 3. The molecule has 1 aliphatic rings. The summed E-state index contributed by atoms with van der Waals surface area (Å²) in [7, 11) is 0. The minimum atomic E-state index is -3.83. The fraction of sp³-hybridized carbons (Fsp3) is 0.857. The van der Waals surface area contributed by atoms with Crippen molar-refractivity contribution < 1.29 is 18.3 Å². The molecule has 0 bridgehead atoms. The van der Waals surface area contributed by atoms with Crippen molar-refractivity contribution in [1.29, 1.82) is 0 Å². The Balaban J connectivity index is 2.45. The van der Waals surface area contributed by atoms with E-state index in [9.17, 15) is 13.6 Å². The lowest BCUT2D eigenvalue weighted by Crippen LogP contribution is -2.45. The summed E-state index contributed by atoms with van der Waals surface area (Å²) in [5, 5.41) is -1.71. The van der Waals surface area contributed by atoms with Gasteiger partial charge in [0.05, 0.1) is 12.1 Å². The molecule has 0 aromatic rings. The lowest BCUT2D eigenvalue weighted by Gasteiger charge is -2.17. The van der Waals surface area contributed by atoms with Gasteiger partial charge < -0.3 is 10.1 Å². The Morgan fingerprint density at radius 3 is 2.69 bits per heavy atom. The number of carbonyl (C=O) groups is 1. The molecule has 0 saturated carbocycles. The van der Waals surface area contributed by atoms with Crippen molar-refractivity contribution >= 4 is 17.5 Å². The third kappa shape index (κ3) is 2.77. The van der Waals surface area contributed by atoms with Gasteiger partial charge in [-0.05, 0) is 24.9 Å². The van der Waals surface area contributed by atoms with Gasteiger partial charge in [-0.2, -0.15) is 8.78 Å². The quantitative estimate of drug-likeness (QED) is 0.698. The van der Waals surface area contributed by atoms with Crippen LogP contribution in [0, 0.1) is 0 Å². The zero-order valence-electron chi connectivity index (χ0n) is 7.02. The van der Waals surface area contributed by atoms with Gasteiger partial charge in [0.15, 0.2) is 0 Å². The van der Waals surface area contributed by atoms with Crippen molar-refractivity contribution in [2.24, 2.45) is 0 Å². The molecule has 2 atom stereocenters. The van der Waals surface area contributed by atoms with Gasteiger partial charge in [-0.25, -0.2) is 0 Å². The van der Waals surface area contributed by atoms with Crippen molar-refractivity contribution in [3.05, 3.63) is 0 Å². The van der Waals surface area contributed by atoms with Crippen molar-refractivity contribution in [3.8, 4) is 0 Å². The molecule has 1 fully saturated rings. The molecule has 0 aromatic carbocycles. The maximum absolute atomic E-state index is 12.2. The second-order valence-corrected chi connectivity index (χ2v) is 3.42. The van der Waals surface area contributed by atoms with E-state index in [-0.39, 0.29) is 12.1 Å². The van der Waals surface area contributed by atoms with Crippen LogP contribution < -0.4 is 5.32 Å². The monoisotopic (exact) mass is 213 g/mol. The van der Waals surface area contributed by atoms with Crippen LogP contribution in [0.1, 0.15) is 13.3 Å². The van der Waals surface area contributed by atoms with Gasteiger partial charge in [-0.3, -0.25) is 4.79 Å². The third-order valence-electron chi connectivity index (χ3n) is 1.95. The molecular formula is C7H10ClF2NO2. The number of amides is 1. The summed E-state index contributed by atoms with van der Waals surface area (Å²) < 4.78 is 29.5. The van der Waals surface area contributed by atoms with Crippen LogP contribution in [-0.2, 0) is 9.53 Å². The van der Waals surface area contributed by atoms with Crippen molar-refractivity contribution in [1.82, 2.24) is 5.32 Å². The predicted molar refractivity (Wildman–Crippen MR) is 42.8 cm³/mol. The van der Waals surface area contributed by atoms with Crippen LogP contribution in [0.2, 0.25) is 0 Å².